The van der Waals surface area contributed by atoms with E-state index in [4.69, 9.17) is 0 Å². The average molecular weight is 84.1 g/mol. The van der Waals surface area contributed by atoms with Crippen molar-refractivity contribution in [3.63, 3.8) is 0 Å². The number of aromatic amines is 1. The molecule has 1 aromatic heterocycles. The monoisotopic (exact) mass is 84.1 g/mol. The van der Waals surface area contributed by atoms with Gasteiger partial charge in [0.25, 0.3) is 0 Å². The minimum Gasteiger partial charge on any atom is -0.283 e. The predicted octanol–water partition coefficient (Wildman–Crippen LogP) is 0.964. The Morgan fingerprint density at radius 1 is 2.00 bits per heavy atom. The first-order chi connectivity index (χ1) is 2.89. The van der Waals surface area contributed by atoms with Crippen molar-refractivity contribution < 1.29 is 1.43 Å². The summed E-state index contributed by atoms with van der Waals surface area (Å²) in [6, 6.07) is 1.92. The van der Waals surface area contributed by atoms with Crippen LogP contribution >= 0.6 is 0 Å². The molecule has 0 aliphatic heterocycles. The van der Waals surface area contributed by atoms with Crippen molar-refractivity contribution in [3.05, 3.63) is 18.0 Å². The normalized spacial score (nSPS) is 8.83. The summed E-state index contributed by atoms with van der Waals surface area (Å²) in [5.41, 5.74) is 1.11. The molecule has 0 amide bonds. The third kappa shape index (κ3) is 0.407. The number of nitrogens with zero attached hydrogens (tertiary/aromatic N) is 1. The van der Waals surface area contributed by atoms with E-state index < -0.39 is 0 Å². The molecule has 0 bridgehead atoms. The number of aromatic nitrogens is 2. The summed E-state index contributed by atoms with van der Waals surface area (Å²) >= 11 is 0. The molecule has 0 unspecified atom stereocenters. The Kier molecular flexibility index (Phi) is 0.638. The molecule has 34 valence electrons. The molecule has 2 nitrogen and oxygen atoms in total. The number of H-pyrrole nitrogens is 1. The molecule has 0 aromatic carbocycles. The van der Waals surface area contributed by atoms with Gasteiger partial charge in [0.2, 0.25) is 0 Å². The van der Waals surface area contributed by atoms with Gasteiger partial charge in [-0.05, 0) is 13.0 Å². The molecule has 0 atom stereocenters. The summed E-state index contributed by atoms with van der Waals surface area (Å²) in [6.45, 7) is 1.97. The van der Waals surface area contributed by atoms with Gasteiger partial charge in [0.05, 0.1) is 0 Å². The summed E-state index contributed by atoms with van der Waals surface area (Å²) in [5, 5.41) is 6.45. The third-order valence-corrected chi connectivity index (χ3v) is 0.640. The van der Waals surface area contributed by atoms with Crippen LogP contribution in [0.1, 0.15) is 7.12 Å². The predicted molar refractivity (Wildman–Crippen MR) is 25.4 cm³/mol. The fraction of sp³-hybridized carbons (Fsp3) is 0.250. The second kappa shape index (κ2) is 1.12. The first-order valence-electron chi connectivity index (χ1n) is 1.85. The number of rotatable bonds is 0. The highest BCUT2D eigenvalue weighted by atomic mass is 15.1. The fourth-order valence-electron chi connectivity index (χ4n) is 0.325. The largest absolute Gasteiger partial charge is 0.283 e. The minimum atomic E-state index is 0. The molecule has 1 heterocycles. The van der Waals surface area contributed by atoms with Crippen LogP contribution in [0.2, 0.25) is 0 Å². The van der Waals surface area contributed by atoms with Gasteiger partial charge in [-0.15, -0.1) is 0 Å². The Hall–Kier alpha value is -0.790. The Morgan fingerprint density at radius 2 is 2.83 bits per heavy atom. The summed E-state index contributed by atoms with van der Waals surface area (Å²) in [4.78, 5) is 0. The van der Waals surface area contributed by atoms with Crippen LogP contribution in [-0.2, 0) is 0 Å². The first-order valence-corrected chi connectivity index (χ1v) is 1.85. The highest BCUT2D eigenvalue weighted by Gasteiger charge is 1.73. The van der Waals surface area contributed by atoms with E-state index in [-0.39, 0.29) is 1.43 Å². The summed E-state index contributed by atoms with van der Waals surface area (Å²) < 4.78 is 0. The van der Waals surface area contributed by atoms with Gasteiger partial charge in [0.1, 0.15) is 0 Å². The molecule has 1 aromatic rings. The molecule has 0 spiro atoms. The molecule has 1 rings (SSSR count). The maximum Gasteiger partial charge on any atom is 0.0489 e. The number of aryl methyl sites for hydroxylation is 1. The Labute approximate surface area is 37.7 Å². The molecule has 0 radical (unpaired) electrons. The van der Waals surface area contributed by atoms with Crippen molar-refractivity contribution in [2.24, 2.45) is 0 Å². The highest BCUT2D eigenvalue weighted by Crippen LogP contribution is 1.82. The molecule has 0 aliphatic rings. The zero-order valence-electron chi connectivity index (χ0n) is 3.60. The van der Waals surface area contributed by atoms with Gasteiger partial charge >= 0.3 is 0 Å². The van der Waals surface area contributed by atoms with E-state index >= 15 is 0 Å². The summed E-state index contributed by atoms with van der Waals surface area (Å²) in [5.74, 6) is 0. The van der Waals surface area contributed by atoms with Crippen LogP contribution in [-0.4, -0.2) is 10.2 Å². The van der Waals surface area contributed by atoms with Crippen LogP contribution in [0.5, 0.6) is 0 Å². The van der Waals surface area contributed by atoms with Gasteiger partial charge in [-0.1, -0.05) is 0 Å². The second-order valence-corrected chi connectivity index (χ2v) is 1.24. The topological polar surface area (TPSA) is 28.7 Å². The molecule has 1 N–H and O–H groups in total. The van der Waals surface area contributed by atoms with Gasteiger partial charge in [0.15, 0.2) is 0 Å². The van der Waals surface area contributed by atoms with Gasteiger partial charge in [-0.3, -0.25) is 5.10 Å². The maximum atomic E-state index is 3.70. The molecular formula is C4H8N2. The standard InChI is InChI=1S/C4H6N2.H2/c1-4-2-3-5-6-4;/h2-3H,1H3,(H,5,6);1H. The van der Waals surface area contributed by atoms with E-state index in [1.807, 2.05) is 13.0 Å². The summed E-state index contributed by atoms with van der Waals surface area (Å²) in [7, 11) is 0. The quantitative estimate of drug-likeness (QED) is 0.498. The van der Waals surface area contributed by atoms with Crippen LogP contribution in [0.4, 0.5) is 0 Å². The van der Waals surface area contributed by atoms with Crippen LogP contribution in [0.25, 0.3) is 0 Å². The molecule has 6 heavy (non-hydrogen) atoms. The van der Waals surface area contributed by atoms with E-state index in [0.717, 1.165) is 5.69 Å². The van der Waals surface area contributed by atoms with Crippen molar-refractivity contribution in [1.29, 1.82) is 0 Å². The second-order valence-electron chi connectivity index (χ2n) is 1.24. The highest BCUT2D eigenvalue weighted by molar-refractivity contribution is 4.91. The molecule has 0 fully saturated rings. The number of hydrogen-bond acceptors (Lipinski definition) is 1. The van der Waals surface area contributed by atoms with Crippen molar-refractivity contribution in [1.82, 2.24) is 10.2 Å². The lowest BCUT2D eigenvalue weighted by atomic mass is 10.5. The molecule has 0 saturated heterocycles. The van der Waals surface area contributed by atoms with Crippen LogP contribution in [0.15, 0.2) is 12.3 Å². The van der Waals surface area contributed by atoms with Crippen molar-refractivity contribution in [2.75, 3.05) is 0 Å². The smallest absolute Gasteiger partial charge is 0.0489 e. The number of hydrogen-bond donors (Lipinski definition) is 1. The molecule has 2 heteroatoms. The van der Waals surface area contributed by atoms with Gasteiger partial charge < -0.3 is 0 Å². The fourth-order valence-corrected chi connectivity index (χ4v) is 0.325. The van der Waals surface area contributed by atoms with Crippen LogP contribution in [0.3, 0.4) is 0 Å². The lowest BCUT2D eigenvalue weighted by molar-refractivity contribution is 1.05. The summed E-state index contributed by atoms with van der Waals surface area (Å²) in [6.07, 6.45) is 1.73. The Morgan fingerprint density at radius 3 is 3.00 bits per heavy atom. The molecule has 0 saturated carbocycles. The van der Waals surface area contributed by atoms with Crippen molar-refractivity contribution in [3.8, 4) is 0 Å². The third-order valence-electron chi connectivity index (χ3n) is 0.640. The Balaban J connectivity index is 0.000000360. The average Bonchev–Trinajstić information content (AvgIpc) is 1.86. The van der Waals surface area contributed by atoms with Gasteiger partial charge in [0, 0.05) is 13.3 Å². The molecule has 0 aliphatic carbocycles. The van der Waals surface area contributed by atoms with Gasteiger partial charge in [-0.25, -0.2) is 0 Å². The lowest BCUT2D eigenvalue weighted by Gasteiger charge is -1.68. The van der Waals surface area contributed by atoms with E-state index in [1.165, 1.54) is 0 Å². The SMILES string of the molecule is Cc1ccn[nH]1.[HH]. The van der Waals surface area contributed by atoms with Crippen LogP contribution in [0, 0.1) is 6.92 Å². The van der Waals surface area contributed by atoms with E-state index in [2.05, 4.69) is 10.2 Å². The van der Waals surface area contributed by atoms with Crippen molar-refractivity contribution >= 4 is 0 Å². The molecular weight excluding hydrogens is 76.1 g/mol. The van der Waals surface area contributed by atoms with E-state index in [9.17, 15) is 0 Å². The zero-order valence-corrected chi connectivity index (χ0v) is 3.60. The minimum absolute atomic E-state index is 0. The van der Waals surface area contributed by atoms with Crippen molar-refractivity contribution in [2.45, 2.75) is 6.92 Å². The lowest BCUT2D eigenvalue weighted by Crippen LogP contribution is -1.65. The first kappa shape index (κ1) is 3.40. The van der Waals surface area contributed by atoms with E-state index in [0.29, 0.717) is 0 Å². The van der Waals surface area contributed by atoms with Gasteiger partial charge in [-0.2, -0.15) is 5.10 Å². The number of nitrogens with one attached hydrogen (secondary N) is 1. The van der Waals surface area contributed by atoms with Crippen LogP contribution < -0.4 is 0 Å². The Bertz CT molecular complexity index is 113. The zero-order chi connectivity index (χ0) is 4.41. The maximum absolute atomic E-state index is 3.70. The van der Waals surface area contributed by atoms with E-state index in [1.54, 1.807) is 6.20 Å².